The molecule has 0 aliphatic carbocycles. The Morgan fingerprint density at radius 1 is 1.07 bits per heavy atom. The first-order valence-electron chi connectivity index (χ1n) is 13.2. The van der Waals surface area contributed by atoms with E-state index in [4.69, 9.17) is 26.1 Å². The van der Waals surface area contributed by atoms with E-state index in [1.807, 2.05) is 0 Å². The summed E-state index contributed by atoms with van der Waals surface area (Å²) in [6, 6.07) is 8.16. The second kappa shape index (κ2) is 11.4. The lowest BCUT2D eigenvalue weighted by molar-refractivity contribution is -0.0592. The highest BCUT2D eigenvalue weighted by molar-refractivity contribution is 6.30. The van der Waals surface area contributed by atoms with Crippen LogP contribution in [0.15, 0.2) is 36.7 Å². The summed E-state index contributed by atoms with van der Waals surface area (Å²) in [5, 5.41) is 9.54. The Morgan fingerprint density at radius 2 is 1.90 bits per heavy atom. The fraction of sp³-hybridized carbons (Fsp3) is 0.393. The molecule has 0 spiro atoms. The van der Waals surface area contributed by atoms with Crippen molar-refractivity contribution in [2.45, 2.75) is 51.0 Å². The van der Waals surface area contributed by atoms with Crippen molar-refractivity contribution >= 4 is 22.6 Å². The van der Waals surface area contributed by atoms with Gasteiger partial charge < -0.3 is 14.0 Å². The fourth-order valence-electron chi connectivity index (χ4n) is 5.02. The lowest BCUT2D eigenvalue weighted by Gasteiger charge is -2.32. The molecule has 2 saturated heterocycles. The second-order valence-electron chi connectivity index (χ2n) is 10.0. The molecule has 2 aliphatic rings. The summed E-state index contributed by atoms with van der Waals surface area (Å²) in [5.74, 6) is -0.0900. The van der Waals surface area contributed by atoms with Gasteiger partial charge in [0, 0.05) is 37.2 Å². The number of rotatable bonds is 8. The molecule has 0 saturated carbocycles. The minimum absolute atomic E-state index is 0.0936. The Hall–Kier alpha value is -3.72. The van der Waals surface area contributed by atoms with E-state index >= 15 is 0 Å². The number of ether oxygens (including phenoxy) is 2. The molecule has 2 aliphatic heterocycles. The fourth-order valence-corrected chi connectivity index (χ4v) is 5.18. The number of aromatic nitrogens is 5. The number of fused-ring (bicyclic) bond motifs is 1. The number of nitriles is 1. The van der Waals surface area contributed by atoms with Gasteiger partial charge >= 0.3 is 0 Å². The zero-order chi connectivity index (χ0) is 27.6. The van der Waals surface area contributed by atoms with Gasteiger partial charge in [-0.25, -0.2) is 19.3 Å². The molecular weight excluding hydrogens is 540 g/mol. The molecule has 3 aromatic heterocycles. The third-order valence-corrected chi connectivity index (χ3v) is 7.55. The van der Waals surface area contributed by atoms with Gasteiger partial charge in [-0.15, -0.1) is 0 Å². The SMILES string of the molecule is N#Cc1cc2nc(CN3CCC(Oc4nc(Cc5ccc(Cl)cc5F)ncc4F)CC3)n(C[C@@H]3CCO3)c2cn1. The number of nitrogens with zero attached hydrogens (tertiary/aromatic N) is 7. The average Bonchev–Trinajstić information content (AvgIpc) is 3.26. The Kier molecular flexibility index (Phi) is 7.56. The Balaban J connectivity index is 1.10. The molecule has 0 radical (unpaired) electrons. The van der Waals surface area contributed by atoms with E-state index in [1.54, 1.807) is 24.4 Å². The highest BCUT2D eigenvalue weighted by Crippen LogP contribution is 2.25. The van der Waals surface area contributed by atoms with Crippen LogP contribution in [0.4, 0.5) is 8.78 Å². The van der Waals surface area contributed by atoms with Crippen LogP contribution >= 0.6 is 11.6 Å². The first-order valence-corrected chi connectivity index (χ1v) is 13.5. The monoisotopic (exact) mass is 565 g/mol. The smallest absolute Gasteiger partial charge is 0.254 e. The van der Waals surface area contributed by atoms with E-state index < -0.39 is 11.6 Å². The first-order chi connectivity index (χ1) is 19.4. The van der Waals surface area contributed by atoms with E-state index in [0.717, 1.165) is 49.2 Å². The maximum Gasteiger partial charge on any atom is 0.254 e. The van der Waals surface area contributed by atoms with Crippen molar-refractivity contribution in [1.29, 1.82) is 5.26 Å². The molecule has 2 fully saturated rings. The largest absolute Gasteiger partial charge is 0.472 e. The number of piperidine rings is 1. The van der Waals surface area contributed by atoms with Crippen LogP contribution in [0.3, 0.4) is 0 Å². The van der Waals surface area contributed by atoms with Gasteiger partial charge in [0.1, 0.15) is 35.3 Å². The van der Waals surface area contributed by atoms with Gasteiger partial charge in [0.15, 0.2) is 0 Å². The third kappa shape index (κ3) is 5.75. The van der Waals surface area contributed by atoms with Crippen LogP contribution in [-0.2, 0) is 24.2 Å². The average molecular weight is 566 g/mol. The lowest BCUT2D eigenvalue weighted by Crippen LogP contribution is -2.39. The van der Waals surface area contributed by atoms with Crippen molar-refractivity contribution in [2.75, 3.05) is 19.7 Å². The minimum atomic E-state index is -0.653. The predicted molar refractivity (Wildman–Crippen MR) is 142 cm³/mol. The van der Waals surface area contributed by atoms with E-state index in [-0.39, 0.29) is 30.3 Å². The molecule has 0 amide bonds. The van der Waals surface area contributed by atoms with E-state index in [1.165, 1.54) is 6.07 Å². The summed E-state index contributed by atoms with van der Waals surface area (Å²) in [6.45, 7) is 3.53. The number of likely N-dealkylation sites (tertiary alicyclic amines) is 1. The van der Waals surface area contributed by atoms with Gasteiger partial charge in [-0.1, -0.05) is 17.7 Å². The molecule has 0 N–H and O–H groups in total. The molecule has 1 aromatic carbocycles. The highest BCUT2D eigenvalue weighted by atomic mass is 35.5. The number of hydrogen-bond acceptors (Lipinski definition) is 8. The van der Waals surface area contributed by atoms with Crippen LogP contribution in [-0.4, -0.2) is 61.3 Å². The molecule has 206 valence electrons. The van der Waals surface area contributed by atoms with Gasteiger partial charge in [-0.2, -0.15) is 14.6 Å². The van der Waals surface area contributed by atoms with Gasteiger partial charge in [-0.3, -0.25) is 4.90 Å². The molecule has 0 bridgehead atoms. The number of imidazole rings is 1. The third-order valence-electron chi connectivity index (χ3n) is 7.31. The Morgan fingerprint density at radius 3 is 2.62 bits per heavy atom. The first kappa shape index (κ1) is 26.5. The molecule has 5 heterocycles. The maximum atomic E-state index is 14.5. The highest BCUT2D eigenvalue weighted by Gasteiger charge is 2.26. The van der Waals surface area contributed by atoms with Crippen molar-refractivity contribution in [1.82, 2.24) is 29.4 Å². The van der Waals surface area contributed by atoms with Gasteiger partial charge in [0.2, 0.25) is 5.82 Å². The van der Waals surface area contributed by atoms with Crippen LogP contribution < -0.4 is 4.74 Å². The summed E-state index contributed by atoms with van der Waals surface area (Å²) in [7, 11) is 0. The van der Waals surface area contributed by atoms with Crippen molar-refractivity contribution in [3.63, 3.8) is 0 Å². The van der Waals surface area contributed by atoms with Crippen LogP contribution in [0.1, 0.15) is 42.2 Å². The summed E-state index contributed by atoms with van der Waals surface area (Å²) >= 11 is 5.83. The Bertz CT molecular complexity index is 1580. The van der Waals surface area contributed by atoms with Gasteiger partial charge in [0.05, 0.1) is 42.6 Å². The zero-order valence-electron chi connectivity index (χ0n) is 21.6. The zero-order valence-corrected chi connectivity index (χ0v) is 22.3. The Labute approximate surface area is 234 Å². The molecule has 12 heteroatoms. The summed E-state index contributed by atoms with van der Waals surface area (Å²) in [5.41, 5.74) is 2.33. The molecule has 40 heavy (non-hydrogen) atoms. The van der Waals surface area contributed by atoms with E-state index in [2.05, 4.69) is 30.5 Å². The van der Waals surface area contributed by atoms with Crippen molar-refractivity contribution in [3.8, 4) is 11.9 Å². The molecular formula is C28H26ClF2N7O2. The van der Waals surface area contributed by atoms with Crippen molar-refractivity contribution in [2.24, 2.45) is 0 Å². The van der Waals surface area contributed by atoms with E-state index in [9.17, 15) is 14.0 Å². The minimum Gasteiger partial charge on any atom is -0.472 e. The number of benzene rings is 1. The molecule has 1 atom stereocenters. The molecule has 9 nitrogen and oxygen atoms in total. The lowest BCUT2D eigenvalue weighted by atomic mass is 10.1. The summed E-state index contributed by atoms with van der Waals surface area (Å²) in [6.07, 6.45) is 5.14. The standard InChI is InChI=1S/C28H26ClF2N7O2/c29-18-2-1-17(22(30)10-18)9-26-34-13-23(31)28(36-26)40-20-3-6-37(7-4-20)16-27-35-24-11-19(12-32)33-14-25(24)38(27)15-21-5-8-39-21/h1-2,10-11,13-14,20-21H,3-9,15-16H2/t21-/m0/s1. The van der Waals surface area contributed by atoms with Crippen LogP contribution in [0.25, 0.3) is 11.0 Å². The van der Waals surface area contributed by atoms with Crippen molar-refractivity contribution in [3.05, 3.63) is 76.2 Å². The summed E-state index contributed by atoms with van der Waals surface area (Å²) in [4.78, 5) is 19.6. The number of pyridine rings is 1. The maximum absolute atomic E-state index is 14.5. The van der Waals surface area contributed by atoms with Crippen molar-refractivity contribution < 1.29 is 18.3 Å². The van der Waals surface area contributed by atoms with Gasteiger partial charge in [-0.05, 0) is 37.0 Å². The topological polar surface area (TPSA) is 102 Å². The quantitative estimate of drug-likeness (QED) is 0.309. The molecule has 4 aromatic rings. The van der Waals surface area contributed by atoms with E-state index in [0.29, 0.717) is 42.2 Å². The van der Waals surface area contributed by atoms with Crippen LogP contribution in [0, 0.1) is 23.0 Å². The predicted octanol–water partition coefficient (Wildman–Crippen LogP) is 4.45. The normalized spacial score (nSPS) is 18.0. The number of hydrogen-bond donors (Lipinski definition) is 0. The summed E-state index contributed by atoms with van der Waals surface area (Å²) < 4.78 is 42.4. The second-order valence-corrected chi connectivity index (χ2v) is 10.5. The molecule has 0 unspecified atom stereocenters. The van der Waals surface area contributed by atoms with Gasteiger partial charge in [0.25, 0.3) is 5.88 Å². The van der Waals surface area contributed by atoms with Crippen LogP contribution in [0.2, 0.25) is 5.02 Å². The molecule has 6 rings (SSSR count). The van der Waals surface area contributed by atoms with Crippen LogP contribution in [0.5, 0.6) is 5.88 Å². The number of halogens is 3.